The molecular weight excluding hydrogens is 559 g/mol. The number of nitrogens with zero attached hydrogens (tertiary/aromatic N) is 2. The number of benzene rings is 2. The second-order valence-corrected chi connectivity index (χ2v) is 10.4. The van der Waals surface area contributed by atoms with Gasteiger partial charge in [-0.2, -0.15) is 0 Å². The molecule has 2 aromatic carbocycles. The average molecular weight is 583 g/mol. The highest BCUT2D eigenvalue weighted by Crippen LogP contribution is 2.36. The topological polar surface area (TPSA) is 83.0 Å². The lowest BCUT2D eigenvalue weighted by molar-refractivity contribution is -0.139. The second kappa shape index (κ2) is 11.3. The van der Waals surface area contributed by atoms with Crippen molar-refractivity contribution in [2.45, 2.75) is 26.8 Å². The number of allylic oxidation sites excluding steroid dienone is 1. The van der Waals surface area contributed by atoms with Gasteiger partial charge in [-0.25, -0.2) is 9.79 Å². The van der Waals surface area contributed by atoms with Crippen LogP contribution in [0.3, 0.4) is 0 Å². The van der Waals surface area contributed by atoms with Crippen LogP contribution in [0.1, 0.15) is 38.1 Å². The Morgan fingerprint density at radius 2 is 1.90 bits per heavy atom. The van der Waals surface area contributed by atoms with E-state index in [0.717, 1.165) is 5.56 Å². The molecule has 0 bridgehead atoms. The maximum Gasteiger partial charge on any atom is 0.338 e. The molecule has 39 heavy (non-hydrogen) atoms. The zero-order chi connectivity index (χ0) is 27.7. The highest BCUT2D eigenvalue weighted by molar-refractivity contribution is 7.07. The van der Waals surface area contributed by atoms with Crippen LogP contribution in [0, 0.1) is 0 Å². The number of rotatable bonds is 7. The summed E-state index contributed by atoms with van der Waals surface area (Å²) < 4.78 is 19.2. The minimum Gasteiger partial charge on any atom is -0.494 e. The van der Waals surface area contributed by atoms with E-state index in [0.29, 0.717) is 60.1 Å². The lowest BCUT2D eigenvalue weighted by Crippen LogP contribution is -2.40. The van der Waals surface area contributed by atoms with Crippen molar-refractivity contribution >= 4 is 46.6 Å². The van der Waals surface area contributed by atoms with Crippen LogP contribution in [-0.4, -0.2) is 23.8 Å². The van der Waals surface area contributed by atoms with Crippen LogP contribution in [0.4, 0.5) is 0 Å². The van der Waals surface area contributed by atoms with Crippen LogP contribution < -0.4 is 19.6 Å². The number of hydrogen-bond acceptors (Lipinski definition) is 7. The molecule has 2 aromatic heterocycles. The van der Waals surface area contributed by atoms with E-state index in [4.69, 9.17) is 37.1 Å². The fourth-order valence-electron chi connectivity index (χ4n) is 4.44. The van der Waals surface area contributed by atoms with Crippen molar-refractivity contribution in [1.82, 2.24) is 4.57 Å². The predicted molar refractivity (Wildman–Crippen MR) is 152 cm³/mol. The van der Waals surface area contributed by atoms with Crippen LogP contribution in [0.5, 0.6) is 5.75 Å². The number of halogens is 2. The molecule has 200 valence electrons. The molecule has 0 saturated carbocycles. The first-order valence-corrected chi connectivity index (χ1v) is 13.9. The van der Waals surface area contributed by atoms with Gasteiger partial charge in [0, 0.05) is 17.2 Å². The fraction of sp³-hybridized carbons (Fsp3) is 0.207. The van der Waals surface area contributed by atoms with Crippen molar-refractivity contribution in [3.63, 3.8) is 0 Å². The monoisotopic (exact) mass is 582 g/mol. The Hall–Kier alpha value is -3.59. The van der Waals surface area contributed by atoms with Gasteiger partial charge >= 0.3 is 5.97 Å². The van der Waals surface area contributed by atoms with Gasteiger partial charge < -0.3 is 13.9 Å². The lowest BCUT2D eigenvalue weighted by Gasteiger charge is -2.26. The minimum atomic E-state index is -0.770. The summed E-state index contributed by atoms with van der Waals surface area (Å²) in [6.45, 7) is 5.98. The summed E-state index contributed by atoms with van der Waals surface area (Å²) in [5, 5.41) is 0.867. The molecule has 0 fully saturated rings. The zero-order valence-corrected chi connectivity index (χ0v) is 23.7. The second-order valence-electron chi connectivity index (χ2n) is 8.60. The van der Waals surface area contributed by atoms with Crippen molar-refractivity contribution in [3.8, 4) is 17.1 Å². The summed E-state index contributed by atoms with van der Waals surface area (Å²) in [4.78, 5) is 32.1. The number of esters is 1. The molecule has 1 aliphatic rings. The van der Waals surface area contributed by atoms with Crippen LogP contribution in [0.25, 0.3) is 17.4 Å². The lowest BCUT2D eigenvalue weighted by atomic mass is 9.95. The van der Waals surface area contributed by atoms with Crippen LogP contribution in [0.2, 0.25) is 10.0 Å². The van der Waals surface area contributed by atoms with Gasteiger partial charge in [0.05, 0.1) is 39.1 Å². The van der Waals surface area contributed by atoms with E-state index in [1.807, 2.05) is 31.2 Å². The Bertz CT molecular complexity index is 1780. The third-order valence-electron chi connectivity index (χ3n) is 6.13. The van der Waals surface area contributed by atoms with E-state index < -0.39 is 12.0 Å². The van der Waals surface area contributed by atoms with E-state index in [1.54, 1.807) is 50.3 Å². The van der Waals surface area contributed by atoms with Gasteiger partial charge in [0.15, 0.2) is 4.80 Å². The van der Waals surface area contributed by atoms with Crippen LogP contribution in [-0.2, 0) is 9.53 Å². The first-order valence-electron chi connectivity index (χ1n) is 12.3. The van der Waals surface area contributed by atoms with Crippen LogP contribution >= 0.6 is 34.5 Å². The molecule has 1 atom stereocenters. The van der Waals surface area contributed by atoms with Crippen molar-refractivity contribution < 1.29 is 18.7 Å². The highest BCUT2D eigenvalue weighted by atomic mass is 35.5. The van der Waals surface area contributed by atoms with Gasteiger partial charge in [-0.15, -0.1) is 0 Å². The van der Waals surface area contributed by atoms with E-state index in [2.05, 4.69) is 4.99 Å². The fourth-order valence-corrected chi connectivity index (χ4v) is 5.77. The molecular formula is C29H24Cl2N2O5S. The number of fused-ring (bicyclic) bond motifs is 1. The Labute approximate surface area is 238 Å². The third-order valence-corrected chi connectivity index (χ3v) is 7.86. The van der Waals surface area contributed by atoms with Gasteiger partial charge in [0.1, 0.15) is 23.3 Å². The number of furan rings is 1. The van der Waals surface area contributed by atoms with Crippen LogP contribution in [0.15, 0.2) is 80.1 Å². The normalized spacial score (nSPS) is 15.2. The van der Waals surface area contributed by atoms with Gasteiger partial charge in [-0.1, -0.05) is 52.7 Å². The molecule has 1 aliphatic heterocycles. The maximum absolute atomic E-state index is 13.9. The van der Waals surface area contributed by atoms with E-state index in [9.17, 15) is 9.59 Å². The molecule has 10 heteroatoms. The SMILES string of the molecule is CCOC(=O)C1=C(C)N=c2s/c(=C\c3ccc(-c4ccc(Cl)c(Cl)c4)o3)c(=O)n2[C@@H]1c1ccccc1OCC. The Morgan fingerprint density at radius 1 is 1.10 bits per heavy atom. The summed E-state index contributed by atoms with van der Waals surface area (Å²) in [5.74, 6) is 1.11. The molecule has 0 radical (unpaired) electrons. The van der Waals surface area contributed by atoms with E-state index >= 15 is 0 Å². The molecule has 5 rings (SSSR count). The molecule has 0 saturated heterocycles. The van der Waals surface area contributed by atoms with E-state index in [1.165, 1.54) is 15.9 Å². The number of para-hydroxylation sites is 1. The Kier molecular flexibility index (Phi) is 7.79. The predicted octanol–water partition coefficient (Wildman–Crippen LogP) is 5.76. The first-order chi connectivity index (χ1) is 18.8. The van der Waals surface area contributed by atoms with E-state index in [-0.39, 0.29) is 12.2 Å². The maximum atomic E-state index is 13.9. The highest BCUT2D eigenvalue weighted by Gasteiger charge is 2.35. The van der Waals surface area contributed by atoms with Crippen molar-refractivity contribution in [1.29, 1.82) is 0 Å². The first kappa shape index (κ1) is 27.0. The molecule has 0 unspecified atom stereocenters. The molecule has 0 aliphatic carbocycles. The molecule has 0 amide bonds. The van der Waals surface area contributed by atoms with Crippen molar-refractivity contribution in [2.75, 3.05) is 13.2 Å². The quantitative estimate of drug-likeness (QED) is 0.258. The third kappa shape index (κ3) is 5.20. The number of hydrogen-bond donors (Lipinski definition) is 0. The molecule has 0 N–H and O–H groups in total. The largest absolute Gasteiger partial charge is 0.494 e. The van der Waals surface area contributed by atoms with Gasteiger partial charge in [-0.3, -0.25) is 9.36 Å². The number of aromatic nitrogens is 1. The standard InChI is InChI=1S/C29H24Cl2N2O5S/c1-4-36-23-9-7-6-8-19(23)26-25(28(35)37-5-2)16(3)32-29-33(26)27(34)24(39-29)15-18-11-13-22(38-18)17-10-12-20(30)21(31)14-17/h6-15,26H,4-5H2,1-3H3/b24-15-/t26-/m1/s1. The van der Waals surface area contributed by atoms with Crippen molar-refractivity contribution in [2.24, 2.45) is 4.99 Å². The zero-order valence-electron chi connectivity index (χ0n) is 21.4. The molecule has 4 aromatic rings. The Balaban J connectivity index is 1.65. The number of ether oxygens (including phenoxy) is 2. The summed E-state index contributed by atoms with van der Waals surface area (Å²) >= 11 is 13.4. The average Bonchev–Trinajstić information content (AvgIpc) is 3.50. The molecule has 0 spiro atoms. The summed E-state index contributed by atoms with van der Waals surface area (Å²) in [7, 11) is 0. The Morgan fingerprint density at radius 3 is 2.64 bits per heavy atom. The summed E-state index contributed by atoms with van der Waals surface area (Å²) in [5.41, 5.74) is 1.90. The number of carbonyl (C=O) groups is 1. The minimum absolute atomic E-state index is 0.194. The van der Waals surface area contributed by atoms with Crippen molar-refractivity contribution in [3.05, 3.63) is 107 Å². The smallest absolute Gasteiger partial charge is 0.338 e. The summed E-state index contributed by atoms with van der Waals surface area (Å²) in [6, 6.07) is 15.4. The van der Waals surface area contributed by atoms with Gasteiger partial charge in [-0.05, 0) is 57.2 Å². The van der Waals surface area contributed by atoms with Gasteiger partial charge in [0.2, 0.25) is 0 Å². The number of carbonyl (C=O) groups excluding carboxylic acids is 1. The van der Waals surface area contributed by atoms with Gasteiger partial charge in [0.25, 0.3) is 5.56 Å². The molecule has 3 heterocycles. The summed E-state index contributed by atoms with van der Waals surface area (Å²) in [6.07, 6.45) is 1.67. The molecule has 7 nitrogen and oxygen atoms in total. The number of thiazole rings is 1.